The predicted molar refractivity (Wildman–Crippen MR) is 55.2 cm³/mol. The van der Waals surface area contributed by atoms with Crippen LogP contribution in [0, 0.1) is 17.0 Å². The van der Waals surface area contributed by atoms with Crippen molar-refractivity contribution in [2.45, 2.75) is 0 Å². The zero-order valence-corrected chi connectivity index (χ0v) is 8.67. The number of benzene rings is 1. The topological polar surface area (TPSA) is 41.5 Å². The lowest BCUT2D eigenvalue weighted by Crippen LogP contribution is -2.50. The fourth-order valence-electron chi connectivity index (χ4n) is 1.54. The van der Waals surface area contributed by atoms with E-state index in [1.165, 1.54) is 6.07 Å². The lowest BCUT2D eigenvalue weighted by Gasteiger charge is -2.40. The first-order valence-corrected chi connectivity index (χ1v) is 5.03. The van der Waals surface area contributed by atoms with Gasteiger partial charge in [-0.3, -0.25) is 0 Å². The van der Waals surface area contributed by atoms with Gasteiger partial charge in [0, 0.05) is 12.2 Å². The molecule has 1 aromatic carbocycles. The number of ether oxygens (including phenoxy) is 1. The van der Waals surface area contributed by atoms with Gasteiger partial charge in [0.1, 0.15) is 0 Å². The lowest BCUT2D eigenvalue weighted by atomic mass is 9.87. The third-order valence-corrected chi connectivity index (χ3v) is 2.74. The van der Waals surface area contributed by atoms with Crippen molar-refractivity contribution in [3.05, 3.63) is 29.8 Å². The molecule has 1 heterocycles. The molecule has 2 N–H and O–H groups in total. The zero-order valence-electron chi connectivity index (χ0n) is 8.67. The van der Waals surface area contributed by atoms with E-state index in [4.69, 9.17) is 9.84 Å². The molecule has 0 atom stereocenters. The van der Waals surface area contributed by atoms with Gasteiger partial charge in [0.2, 0.25) is 0 Å². The highest BCUT2D eigenvalue weighted by molar-refractivity contribution is 5.43. The molecule has 88 valence electrons. The molecular weight excluding hydrogens is 216 g/mol. The third kappa shape index (κ3) is 2.15. The first kappa shape index (κ1) is 11.3. The van der Waals surface area contributed by atoms with Crippen LogP contribution >= 0.6 is 0 Å². The van der Waals surface area contributed by atoms with E-state index < -0.39 is 11.6 Å². The second-order valence-electron chi connectivity index (χ2n) is 4.13. The van der Waals surface area contributed by atoms with Crippen molar-refractivity contribution in [1.82, 2.24) is 0 Å². The maximum Gasteiger partial charge on any atom is 0.160 e. The summed E-state index contributed by atoms with van der Waals surface area (Å²) in [7, 11) is 0. The Bertz CT molecular complexity index is 375. The second-order valence-corrected chi connectivity index (χ2v) is 4.13. The van der Waals surface area contributed by atoms with Crippen LogP contribution in [0.5, 0.6) is 0 Å². The summed E-state index contributed by atoms with van der Waals surface area (Å²) in [6.45, 7) is 1.47. The summed E-state index contributed by atoms with van der Waals surface area (Å²) in [5.41, 5.74) is 0.212. The van der Waals surface area contributed by atoms with Gasteiger partial charge in [0.15, 0.2) is 11.6 Å². The van der Waals surface area contributed by atoms with Gasteiger partial charge in [0.05, 0.1) is 25.2 Å². The van der Waals surface area contributed by atoms with Crippen molar-refractivity contribution in [3.8, 4) is 0 Å². The van der Waals surface area contributed by atoms with E-state index in [9.17, 15) is 8.78 Å². The lowest BCUT2D eigenvalue weighted by molar-refractivity contribution is -0.128. The van der Waals surface area contributed by atoms with Crippen molar-refractivity contribution in [3.63, 3.8) is 0 Å². The zero-order chi connectivity index (χ0) is 11.6. The predicted octanol–water partition coefficient (Wildman–Crippen LogP) is 1.39. The van der Waals surface area contributed by atoms with E-state index in [0.29, 0.717) is 25.4 Å². The summed E-state index contributed by atoms with van der Waals surface area (Å²) in [6.07, 6.45) is 0. The Balaban J connectivity index is 1.96. The maximum absolute atomic E-state index is 12.9. The quantitative estimate of drug-likeness (QED) is 0.819. The van der Waals surface area contributed by atoms with Gasteiger partial charge >= 0.3 is 0 Å². The van der Waals surface area contributed by atoms with Crippen molar-refractivity contribution in [2.24, 2.45) is 5.41 Å². The van der Waals surface area contributed by atoms with E-state index in [1.54, 1.807) is 0 Å². The summed E-state index contributed by atoms with van der Waals surface area (Å²) in [5, 5.41) is 12.1. The van der Waals surface area contributed by atoms with Crippen LogP contribution in [-0.2, 0) is 4.74 Å². The Kier molecular flexibility index (Phi) is 3.07. The monoisotopic (exact) mass is 229 g/mol. The Morgan fingerprint density at radius 2 is 2.06 bits per heavy atom. The first-order chi connectivity index (χ1) is 7.65. The number of anilines is 1. The average Bonchev–Trinajstić information content (AvgIpc) is 2.22. The van der Waals surface area contributed by atoms with E-state index in [2.05, 4.69) is 5.32 Å². The van der Waals surface area contributed by atoms with E-state index in [-0.39, 0.29) is 12.0 Å². The van der Waals surface area contributed by atoms with Crippen molar-refractivity contribution < 1.29 is 18.6 Å². The first-order valence-electron chi connectivity index (χ1n) is 5.03. The molecule has 1 aromatic rings. The van der Waals surface area contributed by atoms with Crippen LogP contribution in [0.25, 0.3) is 0 Å². The highest BCUT2D eigenvalue weighted by atomic mass is 19.2. The van der Waals surface area contributed by atoms with E-state index in [1.807, 2.05) is 0 Å². The van der Waals surface area contributed by atoms with Gasteiger partial charge in [-0.25, -0.2) is 8.78 Å². The molecule has 0 aliphatic carbocycles. The van der Waals surface area contributed by atoms with Crippen LogP contribution in [0.2, 0.25) is 0 Å². The second kappa shape index (κ2) is 4.35. The largest absolute Gasteiger partial charge is 0.396 e. The number of aliphatic hydroxyl groups excluding tert-OH is 1. The summed E-state index contributed by atoms with van der Waals surface area (Å²) in [4.78, 5) is 0. The fraction of sp³-hybridized carbons (Fsp3) is 0.455. The Labute approximate surface area is 92.0 Å². The van der Waals surface area contributed by atoms with Gasteiger partial charge in [-0.05, 0) is 18.2 Å². The number of nitrogens with one attached hydrogen (secondary N) is 1. The van der Waals surface area contributed by atoms with E-state index in [0.717, 1.165) is 12.1 Å². The van der Waals surface area contributed by atoms with Crippen LogP contribution in [0.4, 0.5) is 14.5 Å². The molecule has 1 fully saturated rings. The van der Waals surface area contributed by atoms with Crippen LogP contribution < -0.4 is 5.32 Å². The summed E-state index contributed by atoms with van der Waals surface area (Å²) < 4.78 is 30.6. The summed E-state index contributed by atoms with van der Waals surface area (Å²) in [5.74, 6) is -1.75. The molecule has 0 saturated carbocycles. The molecule has 0 aromatic heterocycles. The molecule has 0 unspecified atom stereocenters. The molecule has 1 saturated heterocycles. The fourth-order valence-corrected chi connectivity index (χ4v) is 1.54. The minimum absolute atomic E-state index is 0.0175. The molecular formula is C11H13F2NO2. The van der Waals surface area contributed by atoms with Gasteiger partial charge in [-0.2, -0.15) is 0 Å². The molecule has 0 bridgehead atoms. The number of halogens is 2. The molecule has 5 heteroatoms. The molecule has 0 spiro atoms. The minimum Gasteiger partial charge on any atom is -0.396 e. The highest BCUT2D eigenvalue weighted by Gasteiger charge is 2.37. The average molecular weight is 229 g/mol. The molecule has 3 nitrogen and oxygen atoms in total. The third-order valence-electron chi connectivity index (χ3n) is 2.74. The smallest absolute Gasteiger partial charge is 0.160 e. The maximum atomic E-state index is 12.9. The Morgan fingerprint density at radius 3 is 2.56 bits per heavy atom. The van der Waals surface area contributed by atoms with E-state index >= 15 is 0 Å². The Hall–Kier alpha value is -1.20. The molecule has 1 aliphatic rings. The molecule has 0 amide bonds. The highest BCUT2D eigenvalue weighted by Crippen LogP contribution is 2.27. The van der Waals surface area contributed by atoms with Crippen LogP contribution in [0.3, 0.4) is 0 Å². The van der Waals surface area contributed by atoms with Crippen LogP contribution in [0.1, 0.15) is 0 Å². The SMILES string of the molecule is OCC1(CNc2ccc(F)c(F)c2)COC1. The molecule has 2 rings (SSSR count). The normalized spacial score (nSPS) is 17.9. The van der Waals surface area contributed by atoms with Crippen LogP contribution in [-0.4, -0.2) is 31.5 Å². The molecule has 0 radical (unpaired) electrons. The number of rotatable bonds is 4. The van der Waals surface area contributed by atoms with Gasteiger partial charge in [-0.1, -0.05) is 0 Å². The van der Waals surface area contributed by atoms with Crippen molar-refractivity contribution in [1.29, 1.82) is 0 Å². The summed E-state index contributed by atoms with van der Waals surface area (Å²) in [6, 6.07) is 3.63. The van der Waals surface area contributed by atoms with Crippen LogP contribution in [0.15, 0.2) is 18.2 Å². The van der Waals surface area contributed by atoms with Crippen molar-refractivity contribution in [2.75, 3.05) is 31.7 Å². The number of aliphatic hydroxyl groups is 1. The number of hydrogen-bond acceptors (Lipinski definition) is 3. The number of hydrogen-bond donors (Lipinski definition) is 2. The van der Waals surface area contributed by atoms with Gasteiger partial charge < -0.3 is 15.2 Å². The molecule has 1 aliphatic heterocycles. The van der Waals surface area contributed by atoms with Crippen molar-refractivity contribution >= 4 is 5.69 Å². The molecule has 16 heavy (non-hydrogen) atoms. The summed E-state index contributed by atoms with van der Waals surface area (Å²) >= 11 is 0. The van der Waals surface area contributed by atoms with Gasteiger partial charge in [0.25, 0.3) is 0 Å². The van der Waals surface area contributed by atoms with Gasteiger partial charge in [-0.15, -0.1) is 0 Å². The standard InChI is InChI=1S/C11H13F2NO2/c12-9-2-1-8(3-10(9)13)14-4-11(5-15)6-16-7-11/h1-3,14-15H,4-7H2. The minimum atomic E-state index is -0.882. The Morgan fingerprint density at radius 1 is 1.31 bits per heavy atom.